The molecule has 0 saturated carbocycles. The van der Waals surface area contributed by atoms with E-state index in [0.717, 1.165) is 0 Å². The van der Waals surface area contributed by atoms with Gasteiger partial charge in [0.1, 0.15) is 18.3 Å². The average Bonchev–Trinajstić information content (AvgIpc) is 2.15. The zero-order chi connectivity index (χ0) is 11.3. The van der Waals surface area contributed by atoms with Crippen LogP contribution < -0.4 is 5.48 Å². The van der Waals surface area contributed by atoms with Crippen LogP contribution in [0.1, 0.15) is 0 Å². The number of hydroxylamine groups is 1. The molecule has 0 aromatic rings. The van der Waals surface area contributed by atoms with Crippen molar-refractivity contribution in [2.24, 2.45) is 0 Å². The number of aliphatic carboxylic acids is 1. The van der Waals surface area contributed by atoms with Crippen molar-refractivity contribution >= 4 is 12.3 Å². The van der Waals surface area contributed by atoms with Gasteiger partial charge in [0.2, 0.25) is 0 Å². The van der Waals surface area contributed by atoms with Crippen LogP contribution in [-0.2, 0) is 9.59 Å². The van der Waals surface area contributed by atoms with Gasteiger partial charge in [-0.05, 0) is 0 Å². The highest BCUT2D eigenvalue weighted by Gasteiger charge is 2.35. The highest BCUT2D eigenvalue weighted by atomic mass is 16.5. The smallest absolute Gasteiger partial charge is 0.325 e. The van der Waals surface area contributed by atoms with Crippen LogP contribution in [0, 0.1) is 0 Å². The lowest BCUT2D eigenvalue weighted by atomic mass is 10.0. The summed E-state index contributed by atoms with van der Waals surface area (Å²) in [6, 6.07) is -1.89. The van der Waals surface area contributed by atoms with Crippen molar-refractivity contribution in [2.45, 2.75) is 24.4 Å². The molecule has 0 saturated heterocycles. The first-order valence-corrected chi connectivity index (χ1v) is 3.57. The van der Waals surface area contributed by atoms with Gasteiger partial charge in [-0.15, -0.1) is 0 Å². The van der Waals surface area contributed by atoms with E-state index in [-0.39, 0.29) is 6.29 Å². The zero-order valence-electron chi connectivity index (χ0n) is 6.94. The minimum absolute atomic E-state index is 0.0653. The third-order valence-corrected chi connectivity index (χ3v) is 1.59. The molecule has 0 radical (unpaired) electrons. The lowest BCUT2D eigenvalue weighted by Gasteiger charge is -2.23. The lowest BCUT2D eigenvalue weighted by molar-refractivity contribution is -0.155. The third kappa shape index (κ3) is 3.01. The van der Waals surface area contributed by atoms with E-state index in [2.05, 4.69) is 0 Å². The summed E-state index contributed by atoms with van der Waals surface area (Å²) < 4.78 is 0. The summed E-state index contributed by atoms with van der Waals surface area (Å²) in [5.74, 6) is -1.64. The molecule has 0 heterocycles. The second-order valence-electron chi connectivity index (χ2n) is 2.55. The van der Waals surface area contributed by atoms with Gasteiger partial charge in [0.25, 0.3) is 0 Å². The highest BCUT2D eigenvalue weighted by molar-refractivity contribution is 5.74. The number of aliphatic hydroxyl groups excluding tert-OH is 3. The molecule has 0 bridgehead atoms. The summed E-state index contributed by atoms with van der Waals surface area (Å²) in [4.78, 5) is 20.3. The van der Waals surface area contributed by atoms with E-state index in [0.29, 0.717) is 0 Å². The Balaban J connectivity index is 4.48. The largest absolute Gasteiger partial charge is 0.480 e. The van der Waals surface area contributed by atoms with Crippen LogP contribution in [0.2, 0.25) is 0 Å². The van der Waals surface area contributed by atoms with Crippen LogP contribution in [0.3, 0.4) is 0 Å². The number of carbonyl (C=O) groups excluding carboxylic acids is 1. The van der Waals surface area contributed by atoms with Crippen LogP contribution in [0.4, 0.5) is 0 Å². The second-order valence-corrected chi connectivity index (χ2v) is 2.55. The second kappa shape index (κ2) is 5.62. The average molecular weight is 209 g/mol. The Hall–Kier alpha value is -1.06. The van der Waals surface area contributed by atoms with E-state index >= 15 is 0 Å². The first kappa shape index (κ1) is 12.9. The molecular formula is C6H11NO7. The Labute approximate surface area is 78.4 Å². The van der Waals surface area contributed by atoms with Gasteiger partial charge in [0, 0.05) is 0 Å². The fourth-order valence-corrected chi connectivity index (χ4v) is 0.757. The standard InChI is InChI=1S/C6H11NO7/c8-1-2(9)4(10)5(11)3(7-14)6(12)13/h1-5,7,9-11,14H,(H,12,13)/t2-,3+,4+,5+/m0/s1. The van der Waals surface area contributed by atoms with Crippen molar-refractivity contribution in [1.82, 2.24) is 5.48 Å². The van der Waals surface area contributed by atoms with Crippen molar-refractivity contribution in [1.29, 1.82) is 0 Å². The molecule has 0 aliphatic rings. The minimum Gasteiger partial charge on any atom is -0.480 e. The van der Waals surface area contributed by atoms with Gasteiger partial charge in [-0.2, -0.15) is 5.48 Å². The van der Waals surface area contributed by atoms with Crippen molar-refractivity contribution in [3.05, 3.63) is 0 Å². The number of carboxylic acid groups (broad SMARTS) is 1. The Kier molecular flexibility index (Phi) is 5.20. The number of carboxylic acids is 1. The van der Waals surface area contributed by atoms with E-state index in [1.165, 1.54) is 5.48 Å². The number of nitrogens with one attached hydrogen (secondary N) is 1. The van der Waals surface area contributed by atoms with Gasteiger partial charge >= 0.3 is 5.97 Å². The molecule has 0 rings (SSSR count). The van der Waals surface area contributed by atoms with E-state index in [4.69, 9.17) is 25.6 Å². The van der Waals surface area contributed by atoms with Crippen molar-refractivity contribution in [3.63, 3.8) is 0 Å². The lowest BCUT2D eigenvalue weighted by Crippen LogP contribution is -2.53. The summed E-state index contributed by atoms with van der Waals surface area (Å²) in [5, 5.41) is 43.5. The quantitative estimate of drug-likeness (QED) is 0.197. The van der Waals surface area contributed by atoms with Crippen molar-refractivity contribution < 1.29 is 35.2 Å². The van der Waals surface area contributed by atoms with Crippen LogP contribution in [0.25, 0.3) is 0 Å². The first-order valence-electron chi connectivity index (χ1n) is 3.57. The molecule has 8 nitrogen and oxygen atoms in total. The fourth-order valence-electron chi connectivity index (χ4n) is 0.757. The normalized spacial score (nSPS) is 19.4. The Morgan fingerprint density at radius 2 is 1.71 bits per heavy atom. The summed E-state index contributed by atoms with van der Waals surface area (Å²) >= 11 is 0. The van der Waals surface area contributed by atoms with E-state index in [1.807, 2.05) is 0 Å². The number of hydrogen-bond acceptors (Lipinski definition) is 7. The maximum Gasteiger partial charge on any atom is 0.325 e. The molecule has 0 aliphatic carbocycles. The maximum atomic E-state index is 10.3. The van der Waals surface area contributed by atoms with Gasteiger partial charge < -0.3 is 30.4 Å². The molecule has 0 unspecified atom stereocenters. The third-order valence-electron chi connectivity index (χ3n) is 1.59. The molecule has 0 amide bonds. The highest BCUT2D eigenvalue weighted by Crippen LogP contribution is 2.03. The molecule has 8 heteroatoms. The molecule has 0 aromatic heterocycles. The molecule has 14 heavy (non-hydrogen) atoms. The molecule has 82 valence electrons. The minimum atomic E-state index is -2.02. The summed E-state index contributed by atoms with van der Waals surface area (Å²) in [7, 11) is 0. The Bertz CT molecular complexity index is 208. The van der Waals surface area contributed by atoms with Gasteiger partial charge in [0.05, 0.1) is 0 Å². The number of aldehydes is 1. The topological polar surface area (TPSA) is 147 Å². The van der Waals surface area contributed by atoms with Crippen molar-refractivity contribution in [2.75, 3.05) is 0 Å². The number of hydrogen-bond donors (Lipinski definition) is 6. The number of carbonyl (C=O) groups is 2. The SMILES string of the molecule is O=C[C@H](O)[C@@H](O)[C@H](O)[C@@H](NO)C(=O)O. The zero-order valence-corrected chi connectivity index (χ0v) is 6.94. The predicted octanol–water partition coefficient (Wildman–Crippen LogP) is -3.30. The van der Waals surface area contributed by atoms with Gasteiger partial charge in [-0.3, -0.25) is 4.79 Å². The molecular weight excluding hydrogens is 198 g/mol. The van der Waals surface area contributed by atoms with Crippen LogP contribution >= 0.6 is 0 Å². The molecule has 0 fully saturated rings. The Morgan fingerprint density at radius 3 is 2.00 bits per heavy atom. The van der Waals surface area contributed by atoms with Crippen LogP contribution in [0.15, 0.2) is 0 Å². The summed E-state index contributed by atoms with van der Waals surface area (Å²) in [6.07, 6.45) is -5.99. The molecule has 4 atom stereocenters. The predicted molar refractivity (Wildman–Crippen MR) is 40.4 cm³/mol. The monoisotopic (exact) mass is 209 g/mol. The van der Waals surface area contributed by atoms with Crippen LogP contribution in [0.5, 0.6) is 0 Å². The van der Waals surface area contributed by atoms with Gasteiger partial charge in [-0.1, -0.05) is 0 Å². The van der Waals surface area contributed by atoms with Gasteiger partial charge in [0.15, 0.2) is 12.3 Å². The maximum absolute atomic E-state index is 10.3. The van der Waals surface area contributed by atoms with E-state index in [1.54, 1.807) is 0 Å². The number of aliphatic hydroxyl groups is 3. The fraction of sp³-hybridized carbons (Fsp3) is 0.667. The van der Waals surface area contributed by atoms with E-state index < -0.39 is 30.3 Å². The summed E-state index contributed by atoms with van der Waals surface area (Å²) in [5.41, 5.74) is 1.22. The number of rotatable bonds is 6. The van der Waals surface area contributed by atoms with Crippen LogP contribution in [-0.4, -0.2) is 62.2 Å². The van der Waals surface area contributed by atoms with Gasteiger partial charge in [-0.25, -0.2) is 0 Å². The first-order chi connectivity index (χ1) is 6.45. The molecule has 6 N–H and O–H groups in total. The van der Waals surface area contributed by atoms with E-state index in [9.17, 15) is 9.59 Å². The molecule has 0 aromatic carbocycles. The molecule has 0 spiro atoms. The summed E-state index contributed by atoms with van der Waals surface area (Å²) in [6.45, 7) is 0. The van der Waals surface area contributed by atoms with Crippen molar-refractivity contribution in [3.8, 4) is 0 Å². The Morgan fingerprint density at radius 1 is 1.21 bits per heavy atom. The molecule has 0 aliphatic heterocycles.